The molecule has 0 bridgehead atoms. The molecule has 0 spiro atoms. The summed E-state index contributed by atoms with van der Waals surface area (Å²) in [4.78, 5) is 37.9. The number of carbonyl (C=O) groups excluding carboxylic acids is 2. The minimum atomic E-state index is -1.28. The molecule has 7 nitrogen and oxygen atoms in total. The van der Waals surface area contributed by atoms with Crippen molar-refractivity contribution in [1.82, 2.24) is 9.80 Å². The van der Waals surface area contributed by atoms with E-state index in [1.165, 1.54) is 11.9 Å². The van der Waals surface area contributed by atoms with Crippen LogP contribution in [-0.4, -0.2) is 72.6 Å². The van der Waals surface area contributed by atoms with E-state index in [1.807, 2.05) is 0 Å². The molecule has 2 fully saturated rings. The number of ether oxygens (including phenoxy) is 1. The molecular formula is C12H18N2O5. The van der Waals surface area contributed by atoms with E-state index < -0.39 is 17.3 Å². The number of carbonyl (C=O) groups is 3. The van der Waals surface area contributed by atoms with Gasteiger partial charge in [-0.05, 0) is 12.8 Å². The second-order valence-electron chi connectivity index (χ2n) is 5.04. The Balaban J connectivity index is 1.90. The molecule has 1 aliphatic heterocycles. The third-order valence-electron chi connectivity index (χ3n) is 3.65. The fourth-order valence-electron chi connectivity index (χ4n) is 2.20. The molecule has 1 aliphatic carbocycles. The maximum Gasteiger partial charge on any atom is 0.319 e. The fraction of sp³-hybridized carbons (Fsp3) is 0.750. The predicted octanol–water partition coefficient (Wildman–Crippen LogP) is -0.832. The zero-order valence-corrected chi connectivity index (χ0v) is 10.9. The average molecular weight is 270 g/mol. The van der Waals surface area contributed by atoms with Crippen LogP contribution in [0.5, 0.6) is 0 Å². The molecule has 0 atom stereocenters. The Morgan fingerprint density at radius 1 is 1.26 bits per heavy atom. The van der Waals surface area contributed by atoms with Gasteiger partial charge < -0.3 is 19.6 Å². The molecule has 0 aromatic carbocycles. The molecule has 1 N–H and O–H groups in total. The van der Waals surface area contributed by atoms with Crippen LogP contribution in [0.3, 0.4) is 0 Å². The molecule has 0 aromatic heterocycles. The molecule has 2 aliphatic rings. The van der Waals surface area contributed by atoms with Crippen LogP contribution in [-0.2, 0) is 19.1 Å². The van der Waals surface area contributed by atoms with Crippen molar-refractivity contribution in [2.24, 2.45) is 5.41 Å². The predicted molar refractivity (Wildman–Crippen MR) is 64.3 cm³/mol. The number of morpholine rings is 1. The molecule has 2 rings (SSSR count). The molecule has 1 saturated heterocycles. The first-order valence-corrected chi connectivity index (χ1v) is 6.32. The second-order valence-corrected chi connectivity index (χ2v) is 5.04. The van der Waals surface area contributed by atoms with E-state index in [0.29, 0.717) is 39.1 Å². The summed E-state index contributed by atoms with van der Waals surface area (Å²) >= 11 is 0. The average Bonchev–Trinajstić information content (AvgIpc) is 3.20. The Kier molecular flexibility index (Phi) is 3.75. The Bertz CT molecular complexity index is 399. The van der Waals surface area contributed by atoms with Crippen LogP contribution in [0.15, 0.2) is 0 Å². The van der Waals surface area contributed by atoms with Crippen molar-refractivity contribution in [3.8, 4) is 0 Å². The van der Waals surface area contributed by atoms with Crippen LogP contribution in [0.25, 0.3) is 0 Å². The normalized spacial score (nSPS) is 20.8. The van der Waals surface area contributed by atoms with Crippen molar-refractivity contribution >= 4 is 17.8 Å². The van der Waals surface area contributed by atoms with Crippen molar-refractivity contribution < 1.29 is 24.2 Å². The van der Waals surface area contributed by atoms with E-state index in [4.69, 9.17) is 9.84 Å². The van der Waals surface area contributed by atoms with Gasteiger partial charge in [-0.3, -0.25) is 14.4 Å². The minimum absolute atomic E-state index is 0.0755. The lowest BCUT2D eigenvalue weighted by Gasteiger charge is -2.29. The van der Waals surface area contributed by atoms with Crippen LogP contribution < -0.4 is 0 Å². The maximum absolute atomic E-state index is 12.0. The summed E-state index contributed by atoms with van der Waals surface area (Å²) in [5.41, 5.74) is -1.28. The van der Waals surface area contributed by atoms with Gasteiger partial charge in [0.1, 0.15) is 5.41 Å². The van der Waals surface area contributed by atoms with Crippen molar-refractivity contribution in [3.05, 3.63) is 0 Å². The van der Waals surface area contributed by atoms with Crippen molar-refractivity contribution in [2.45, 2.75) is 12.8 Å². The summed E-state index contributed by atoms with van der Waals surface area (Å²) < 4.78 is 5.15. The molecule has 0 unspecified atom stereocenters. The molecule has 0 aromatic rings. The van der Waals surface area contributed by atoms with Gasteiger partial charge in [-0.2, -0.15) is 0 Å². The van der Waals surface area contributed by atoms with Crippen molar-refractivity contribution in [1.29, 1.82) is 0 Å². The topological polar surface area (TPSA) is 87.2 Å². The molecule has 1 heterocycles. The lowest BCUT2D eigenvalue weighted by Crippen LogP contribution is -2.48. The van der Waals surface area contributed by atoms with Gasteiger partial charge in [0.2, 0.25) is 11.8 Å². The summed E-state index contributed by atoms with van der Waals surface area (Å²) in [5, 5.41) is 9.05. The Labute approximate surface area is 111 Å². The first kappa shape index (κ1) is 13.8. The zero-order chi connectivity index (χ0) is 14.0. The minimum Gasteiger partial charge on any atom is -0.480 e. The molecule has 1 saturated carbocycles. The Morgan fingerprint density at radius 2 is 1.84 bits per heavy atom. The number of amides is 2. The molecular weight excluding hydrogens is 252 g/mol. The van der Waals surface area contributed by atoms with Crippen LogP contribution in [0.2, 0.25) is 0 Å². The number of nitrogens with zero attached hydrogens (tertiary/aromatic N) is 2. The van der Waals surface area contributed by atoms with Gasteiger partial charge in [0.25, 0.3) is 0 Å². The van der Waals surface area contributed by atoms with E-state index in [1.54, 1.807) is 4.90 Å². The SMILES string of the molecule is CN(CC(=O)N1CCOCC1)C(=O)C1(C(=O)O)CC1. The summed E-state index contributed by atoms with van der Waals surface area (Å²) in [6, 6.07) is 0. The standard InChI is InChI=1S/C12H18N2O5/c1-13(10(16)12(2-3-12)11(17)18)8-9(15)14-4-6-19-7-5-14/h2-8H2,1H3,(H,17,18). The summed E-state index contributed by atoms with van der Waals surface area (Å²) in [6.45, 7) is 1.97. The largest absolute Gasteiger partial charge is 0.480 e. The van der Waals surface area contributed by atoms with E-state index in [2.05, 4.69) is 0 Å². The highest BCUT2D eigenvalue weighted by Gasteiger charge is 2.58. The Morgan fingerprint density at radius 3 is 2.32 bits per heavy atom. The molecule has 2 amide bonds. The first-order valence-electron chi connectivity index (χ1n) is 6.32. The van der Waals surface area contributed by atoms with Gasteiger partial charge in [0.15, 0.2) is 0 Å². The highest BCUT2D eigenvalue weighted by molar-refractivity contribution is 6.05. The maximum atomic E-state index is 12.0. The summed E-state index contributed by atoms with van der Waals surface area (Å²) in [5.74, 6) is -1.73. The van der Waals surface area contributed by atoms with Crippen LogP contribution >= 0.6 is 0 Å². The van der Waals surface area contributed by atoms with E-state index >= 15 is 0 Å². The fourth-order valence-corrected chi connectivity index (χ4v) is 2.20. The molecule has 19 heavy (non-hydrogen) atoms. The number of rotatable bonds is 4. The number of carboxylic acids is 1. The van der Waals surface area contributed by atoms with Gasteiger partial charge in [-0.1, -0.05) is 0 Å². The molecule has 0 radical (unpaired) electrons. The van der Waals surface area contributed by atoms with Gasteiger partial charge in [0, 0.05) is 20.1 Å². The lowest BCUT2D eigenvalue weighted by atomic mass is 10.1. The van der Waals surface area contributed by atoms with E-state index in [0.717, 1.165) is 0 Å². The third-order valence-corrected chi connectivity index (χ3v) is 3.65. The monoisotopic (exact) mass is 270 g/mol. The van der Waals surface area contributed by atoms with Gasteiger partial charge in [-0.15, -0.1) is 0 Å². The van der Waals surface area contributed by atoms with E-state index in [9.17, 15) is 14.4 Å². The first-order chi connectivity index (χ1) is 8.97. The molecule has 106 valence electrons. The summed E-state index contributed by atoms with van der Waals surface area (Å²) in [7, 11) is 1.48. The lowest BCUT2D eigenvalue weighted by molar-refractivity contribution is -0.155. The summed E-state index contributed by atoms with van der Waals surface area (Å²) in [6.07, 6.45) is 0.717. The third kappa shape index (κ3) is 2.70. The highest BCUT2D eigenvalue weighted by atomic mass is 16.5. The number of hydrogen-bond donors (Lipinski definition) is 1. The zero-order valence-electron chi connectivity index (χ0n) is 10.9. The number of carboxylic acid groups (broad SMARTS) is 1. The van der Waals surface area contributed by atoms with Crippen LogP contribution in [0.4, 0.5) is 0 Å². The van der Waals surface area contributed by atoms with Gasteiger partial charge in [-0.25, -0.2) is 0 Å². The van der Waals surface area contributed by atoms with Crippen molar-refractivity contribution in [2.75, 3.05) is 39.9 Å². The smallest absolute Gasteiger partial charge is 0.319 e. The molecule has 7 heteroatoms. The van der Waals surface area contributed by atoms with Gasteiger partial charge in [0.05, 0.1) is 19.8 Å². The van der Waals surface area contributed by atoms with Crippen molar-refractivity contribution in [3.63, 3.8) is 0 Å². The van der Waals surface area contributed by atoms with E-state index in [-0.39, 0.29) is 12.5 Å². The number of hydrogen-bond acceptors (Lipinski definition) is 4. The van der Waals surface area contributed by atoms with Crippen LogP contribution in [0.1, 0.15) is 12.8 Å². The number of aliphatic carboxylic acids is 1. The number of likely N-dealkylation sites (N-methyl/N-ethyl adjacent to an activating group) is 1. The van der Waals surface area contributed by atoms with Crippen LogP contribution in [0, 0.1) is 5.41 Å². The van der Waals surface area contributed by atoms with Gasteiger partial charge >= 0.3 is 5.97 Å². The Hall–Kier alpha value is -1.63. The quantitative estimate of drug-likeness (QED) is 0.674. The highest BCUT2D eigenvalue weighted by Crippen LogP contribution is 2.47. The second kappa shape index (κ2) is 5.16.